The molecule has 0 saturated heterocycles. The minimum Gasteiger partial charge on any atom is -0.324 e. The molecule has 1 unspecified atom stereocenters. The second-order valence-corrected chi connectivity index (χ2v) is 6.60. The summed E-state index contributed by atoms with van der Waals surface area (Å²) in [5.41, 5.74) is 6.77. The first kappa shape index (κ1) is 14.3. The topological polar surface area (TPSA) is 26.0 Å². The smallest absolute Gasteiger partial charge is 0.129 e. The van der Waals surface area contributed by atoms with Crippen LogP contribution in [0.15, 0.2) is 16.6 Å². The molecule has 1 aromatic carbocycles. The van der Waals surface area contributed by atoms with Crippen LogP contribution in [-0.2, 0) is 0 Å². The highest BCUT2D eigenvalue weighted by Gasteiger charge is 2.26. The lowest BCUT2D eigenvalue weighted by Gasteiger charge is -2.31. The summed E-state index contributed by atoms with van der Waals surface area (Å²) in [6.07, 6.45) is 4.53. The zero-order chi connectivity index (χ0) is 13.3. The summed E-state index contributed by atoms with van der Waals surface area (Å²) in [6.45, 7) is 2.26. The summed E-state index contributed by atoms with van der Waals surface area (Å²) in [6, 6.07) is 2.82. The van der Waals surface area contributed by atoms with E-state index < -0.39 is 0 Å². The van der Waals surface area contributed by atoms with Gasteiger partial charge in [-0.1, -0.05) is 31.4 Å². The summed E-state index contributed by atoms with van der Waals surface area (Å²) < 4.78 is 14.5. The molecule has 2 N–H and O–H groups in total. The molecule has 0 radical (unpaired) electrons. The Hall–Kier alpha value is -0.120. The number of benzene rings is 1. The lowest BCUT2D eigenvalue weighted by Crippen LogP contribution is -2.26. The van der Waals surface area contributed by atoms with Gasteiger partial charge in [-0.05, 0) is 52.7 Å². The van der Waals surface area contributed by atoms with Crippen LogP contribution in [0.3, 0.4) is 0 Å². The Kier molecular flexibility index (Phi) is 4.68. The van der Waals surface area contributed by atoms with E-state index >= 15 is 0 Å². The van der Waals surface area contributed by atoms with Gasteiger partial charge >= 0.3 is 0 Å². The lowest BCUT2D eigenvalue weighted by molar-refractivity contribution is 0.253. The van der Waals surface area contributed by atoms with Crippen LogP contribution in [-0.4, -0.2) is 0 Å². The molecule has 0 aromatic heterocycles. The molecule has 0 spiro atoms. The molecule has 0 heterocycles. The number of rotatable bonds is 2. The zero-order valence-corrected chi connectivity index (χ0v) is 12.8. The maximum Gasteiger partial charge on any atom is 0.129 e. The Morgan fingerprint density at radius 2 is 1.94 bits per heavy atom. The molecule has 1 nitrogen and oxygen atoms in total. The van der Waals surface area contributed by atoms with Crippen molar-refractivity contribution in [1.29, 1.82) is 0 Å². The van der Waals surface area contributed by atoms with Crippen LogP contribution in [0, 0.1) is 17.7 Å². The van der Waals surface area contributed by atoms with E-state index in [1.165, 1.54) is 18.9 Å². The number of nitrogens with two attached hydrogens (primary N) is 1. The average molecular weight is 335 g/mol. The molecule has 4 heteroatoms. The largest absolute Gasteiger partial charge is 0.324 e. The Morgan fingerprint density at radius 3 is 2.56 bits per heavy atom. The van der Waals surface area contributed by atoms with Crippen LogP contribution in [0.4, 0.5) is 4.39 Å². The lowest BCUT2D eigenvalue weighted by atomic mass is 9.77. The van der Waals surface area contributed by atoms with Crippen molar-refractivity contribution >= 4 is 27.5 Å². The minimum absolute atomic E-state index is 0.247. The van der Waals surface area contributed by atoms with Crippen LogP contribution < -0.4 is 5.73 Å². The zero-order valence-electron chi connectivity index (χ0n) is 10.4. The van der Waals surface area contributed by atoms with Crippen LogP contribution >= 0.6 is 27.5 Å². The van der Waals surface area contributed by atoms with E-state index in [0.29, 0.717) is 21.0 Å². The molecular weight excluding hydrogens is 317 g/mol. The fraction of sp³-hybridized carbons (Fsp3) is 0.571. The summed E-state index contributed by atoms with van der Waals surface area (Å²) in [5.74, 6) is 0.872. The van der Waals surface area contributed by atoms with Crippen molar-refractivity contribution in [2.45, 2.75) is 38.6 Å². The van der Waals surface area contributed by atoms with Gasteiger partial charge in [-0.3, -0.25) is 0 Å². The maximum absolute atomic E-state index is 13.9. The van der Waals surface area contributed by atoms with Crippen molar-refractivity contribution < 1.29 is 4.39 Å². The van der Waals surface area contributed by atoms with E-state index in [9.17, 15) is 4.39 Å². The molecule has 0 bridgehead atoms. The van der Waals surface area contributed by atoms with E-state index in [-0.39, 0.29) is 11.9 Å². The summed E-state index contributed by atoms with van der Waals surface area (Å²) in [5, 5.41) is 0.519. The second-order valence-electron chi connectivity index (χ2n) is 5.33. The molecule has 0 aliphatic heterocycles. The predicted molar refractivity (Wildman–Crippen MR) is 77.2 cm³/mol. The first-order valence-electron chi connectivity index (χ1n) is 6.39. The van der Waals surface area contributed by atoms with Gasteiger partial charge in [-0.15, -0.1) is 0 Å². The number of hydrogen-bond donors (Lipinski definition) is 1. The molecule has 1 aromatic rings. The van der Waals surface area contributed by atoms with E-state index in [1.54, 1.807) is 6.07 Å². The fourth-order valence-corrected chi connectivity index (χ4v) is 3.18. The number of halogens is 3. The monoisotopic (exact) mass is 333 g/mol. The molecule has 2 rings (SSSR count). The Labute approximate surface area is 121 Å². The molecule has 18 heavy (non-hydrogen) atoms. The van der Waals surface area contributed by atoms with Crippen molar-refractivity contribution in [3.8, 4) is 0 Å². The van der Waals surface area contributed by atoms with E-state index in [1.807, 2.05) is 0 Å². The highest BCUT2D eigenvalue weighted by Crippen LogP contribution is 2.37. The van der Waals surface area contributed by atoms with Gasteiger partial charge in [-0.2, -0.15) is 0 Å². The van der Waals surface area contributed by atoms with Gasteiger partial charge < -0.3 is 5.73 Å². The molecule has 100 valence electrons. The van der Waals surface area contributed by atoms with E-state index in [0.717, 1.165) is 18.8 Å². The standard InChI is InChI=1S/C14H18BrClFN/c1-8-2-4-9(5-3-8)14(18)10-6-12(16)11(15)7-13(10)17/h6-9,14H,2-5,18H2,1H3. The third kappa shape index (κ3) is 3.06. The highest BCUT2D eigenvalue weighted by molar-refractivity contribution is 9.10. The molecule has 1 aliphatic rings. The third-order valence-electron chi connectivity index (χ3n) is 3.97. The van der Waals surface area contributed by atoms with E-state index in [2.05, 4.69) is 22.9 Å². The van der Waals surface area contributed by atoms with Crippen molar-refractivity contribution in [1.82, 2.24) is 0 Å². The minimum atomic E-state index is -0.266. The van der Waals surface area contributed by atoms with Gasteiger partial charge in [-0.25, -0.2) is 4.39 Å². The van der Waals surface area contributed by atoms with Crippen molar-refractivity contribution in [3.63, 3.8) is 0 Å². The van der Waals surface area contributed by atoms with Gasteiger partial charge in [0.25, 0.3) is 0 Å². The average Bonchev–Trinajstić information content (AvgIpc) is 2.34. The molecular formula is C14H18BrClFN. The van der Waals surface area contributed by atoms with Crippen LogP contribution in [0.5, 0.6) is 0 Å². The highest BCUT2D eigenvalue weighted by atomic mass is 79.9. The molecule has 1 saturated carbocycles. The fourth-order valence-electron chi connectivity index (χ4n) is 2.69. The van der Waals surface area contributed by atoms with Crippen LogP contribution in [0.25, 0.3) is 0 Å². The van der Waals surface area contributed by atoms with E-state index in [4.69, 9.17) is 17.3 Å². The van der Waals surface area contributed by atoms with Gasteiger partial charge in [0.1, 0.15) is 5.82 Å². The number of hydrogen-bond acceptors (Lipinski definition) is 1. The second kappa shape index (κ2) is 5.89. The summed E-state index contributed by atoms with van der Waals surface area (Å²) in [7, 11) is 0. The maximum atomic E-state index is 13.9. The van der Waals surface area contributed by atoms with Crippen molar-refractivity contribution in [3.05, 3.63) is 33.0 Å². The molecule has 1 aliphatic carbocycles. The first-order chi connectivity index (χ1) is 8.49. The van der Waals surface area contributed by atoms with Gasteiger partial charge in [0, 0.05) is 16.1 Å². The predicted octanol–water partition coefficient (Wildman–Crippen LogP) is 5.07. The summed E-state index contributed by atoms with van der Waals surface area (Å²) >= 11 is 9.24. The van der Waals surface area contributed by atoms with Crippen molar-refractivity contribution in [2.24, 2.45) is 17.6 Å². The van der Waals surface area contributed by atoms with Gasteiger partial charge in [0.15, 0.2) is 0 Å². The molecule has 0 amide bonds. The molecule has 1 fully saturated rings. The third-order valence-corrected chi connectivity index (χ3v) is 5.16. The SMILES string of the molecule is CC1CCC(C(N)c2cc(Cl)c(Br)cc2F)CC1. The quantitative estimate of drug-likeness (QED) is 0.751. The van der Waals surface area contributed by atoms with Crippen molar-refractivity contribution in [2.75, 3.05) is 0 Å². The Balaban J connectivity index is 2.18. The first-order valence-corrected chi connectivity index (χ1v) is 7.56. The molecule has 1 atom stereocenters. The summed E-state index contributed by atoms with van der Waals surface area (Å²) in [4.78, 5) is 0. The van der Waals surface area contributed by atoms with Crippen LogP contribution in [0.2, 0.25) is 5.02 Å². The normalized spacial score (nSPS) is 26.1. The Morgan fingerprint density at radius 1 is 1.33 bits per heavy atom. The Bertz CT molecular complexity index is 430. The van der Waals surface area contributed by atoms with Gasteiger partial charge in [0.05, 0.1) is 5.02 Å². The van der Waals surface area contributed by atoms with Gasteiger partial charge in [0.2, 0.25) is 0 Å². The van der Waals surface area contributed by atoms with Crippen LogP contribution in [0.1, 0.15) is 44.2 Å².